The fourth-order valence-corrected chi connectivity index (χ4v) is 0.785. The first-order valence-corrected chi connectivity index (χ1v) is 4.13. The van der Waals surface area contributed by atoms with E-state index in [1.165, 1.54) is 0 Å². The van der Waals surface area contributed by atoms with E-state index < -0.39 is 9.80 Å². The third-order valence-electron chi connectivity index (χ3n) is 0.671. The molecule has 0 aliphatic carbocycles. The minimum atomic E-state index is -2.75. The zero-order valence-electron chi connectivity index (χ0n) is 4.89. The Hall–Kier alpha value is -0.0600. The van der Waals surface area contributed by atoms with Gasteiger partial charge in [-0.1, -0.05) is 0 Å². The van der Waals surface area contributed by atoms with Crippen molar-refractivity contribution in [3.05, 3.63) is 0 Å². The van der Waals surface area contributed by atoms with Crippen LogP contribution in [0.5, 0.6) is 0 Å². The molecular weight excluding hydrogens is 126 g/mol. The standard InChI is InChI=1S/C4H11NO2S/c1-5-3-4-8(2,6)7/h5H,2-4H2,1H3,(H,6,7). The van der Waals surface area contributed by atoms with E-state index >= 15 is 0 Å². The van der Waals surface area contributed by atoms with Crippen molar-refractivity contribution in [1.29, 1.82) is 0 Å². The monoisotopic (exact) mass is 137 g/mol. The van der Waals surface area contributed by atoms with Crippen molar-refractivity contribution in [3.8, 4) is 0 Å². The highest BCUT2D eigenvalue weighted by Crippen LogP contribution is 1.76. The lowest BCUT2D eigenvalue weighted by atomic mass is 10.8. The van der Waals surface area contributed by atoms with Crippen LogP contribution in [-0.4, -0.2) is 34.0 Å². The summed E-state index contributed by atoms with van der Waals surface area (Å²) >= 11 is 0. The second-order valence-electron chi connectivity index (χ2n) is 1.58. The molecule has 8 heavy (non-hydrogen) atoms. The minimum absolute atomic E-state index is 0.226. The van der Waals surface area contributed by atoms with Gasteiger partial charge in [0.25, 0.3) is 0 Å². The molecule has 0 radical (unpaired) electrons. The first-order valence-electron chi connectivity index (χ1n) is 2.28. The average molecular weight is 137 g/mol. The highest BCUT2D eigenvalue weighted by Gasteiger charge is 1.92. The van der Waals surface area contributed by atoms with Crippen LogP contribution < -0.4 is 5.32 Å². The van der Waals surface area contributed by atoms with Crippen LogP contribution in [0.4, 0.5) is 0 Å². The van der Waals surface area contributed by atoms with Gasteiger partial charge in [0.2, 0.25) is 0 Å². The number of rotatable bonds is 3. The molecule has 50 valence electrons. The summed E-state index contributed by atoms with van der Waals surface area (Å²) in [6.45, 7) is 0.541. The third-order valence-corrected chi connectivity index (χ3v) is 1.51. The van der Waals surface area contributed by atoms with Crippen LogP contribution in [0.3, 0.4) is 0 Å². The van der Waals surface area contributed by atoms with Crippen molar-refractivity contribution >= 4 is 15.7 Å². The van der Waals surface area contributed by atoms with Gasteiger partial charge in [0, 0.05) is 6.54 Å². The molecule has 0 fully saturated rings. The van der Waals surface area contributed by atoms with E-state index in [1.54, 1.807) is 7.05 Å². The van der Waals surface area contributed by atoms with Crippen molar-refractivity contribution in [2.75, 3.05) is 19.3 Å². The van der Waals surface area contributed by atoms with E-state index in [-0.39, 0.29) is 5.75 Å². The quantitative estimate of drug-likeness (QED) is 0.510. The normalized spacial score (nSPS) is 17.8. The Bertz CT molecular complexity index is 138. The first-order chi connectivity index (χ1) is 3.56. The molecule has 0 aliphatic heterocycles. The highest BCUT2D eigenvalue weighted by molar-refractivity contribution is 7.95. The number of hydrogen-bond acceptors (Lipinski definition) is 2. The topological polar surface area (TPSA) is 49.3 Å². The molecule has 0 saturated heterocycles. The Morgan fingerprint density at radius 2 is 2.38 bits per heavy atom. The Kier molecular flexibility index (Phi) is 3.04. The number of nitrogens with one attached hydrogen (secondary N) is 1. The fraction of sp³-hybridized carbons (Fsp3) is 0.750. The Morgan fingerprint density at radius 3 is 2.50 bits per heavy atom. The van der Waals surface area contributed by atoms with Gasteiger partial charge in [-0.15, -0.1) is 0 Å². The smallest absolute Gasteiger partial charge is 0.0758 e. The molecule has 0 amide bonds. The molecular formula is C4H11NO2S. The summed E-state index contributed by atoms with van der Waals surface area (Å²) < 4.78 is 18.9. The molecule has 2 N–H and O–H groups in total. The predicted molar refractivity (Wildman–Crippen MR) is 36.7 cm³/mol. The second-order valence-corrected chi connectivity index (χ2v) is 3.53. The van der Waals surface area contributed by atoms with E-state index in [1.807, 2.05) is 0 Å². The van der Waals surface area contributed by atoms with Crippen molar-refractivity contribution in [2.45, 2.75) is 0 Å². The van der Waals surface area contributed by atoms with E-state index in [2.05, 4.69) is 11.2 Å². The fourth-order valence-electron chi connectivity index (χ4n) is 0.262. The molecule has 0 saturated carbocycles. The summed E-state index contributed by atoms with van der Waals surface area (Å²) in [5, 5.41) is 2.75. The lowest BCUT2D eigenvalue weighted by Gasteiger charge is -1.97. The molecule has 0 heterocycles. The second kappa shape index (κ2) is 3.06. The zero-order chi connectivity index (χ0) is 6.62. The Labute approximate surface area is 49.9 Å². The van der Waals surface area contributed by atoms with Crippen LogP contribution in [0.2, 0.25) is 0 Å². The van der Waals surface area contributed by atoms with Gasteiger partial charge >= 0.3 is 0 Å². The molecule has 1 unspecified atom stereocenters. The molecule has 0 aliphatic rings. The first kappa shape index (κ1) is 7.94. The summed E-state index contributed by atoms with van der Waals surface area (Å²) in [5.41, 5.74) is 0. The zero-order valence-corrected chi connectivity index (χ0v) is 5.70. The van der Waals surface area contributed by atoms with Gasteiger partial charge in [0.05, 0.1) is 15.6 Å². The van der Waals surface area contributed by atoms with Crippen LogP contribution in [0.15, 0.2) is 0 Å². The lowest BCUT2D eigenvalue weighted by molar-refractivity contribution is 0.558. The predicted octanol–water partition coefficient (Wildman–Crippen LogP) is -0.605. The maximum absolute atomic E-state index is 10.4. The number of hydrogen-bond donors (Lipinski definition) is 2. The summed E-state index contributed by atoms with van der Waals surface area (Å²) in [5.74, 6) is 3.28. The molecule has 0 aromatic carbocycles. The third kappa shape index (κ3) is 5.94. The van der Waals surface area contributed by atoms with Crippen LogP contribution in [0.1, 0.15) is 0 Å². The Balaban J connectivity index is 3.42. The summed E-state index contributed by atoms with van der Waals surface area (Å²) in [7, 11) is -1.02. The van der Waals surface area contributed by atoms with Gasteiger partial charge in [0.1, 0.15) is 0 Å². The molecule has 0 aromatic rings. The van der Waals surface area contributed by atoms with Crippen molar-refractivity contribution in [3.63, 3.8) is 0 Å². The van der Waals surface area contributed by atoms with Crippen LogP contribution >= 0.6 is 0 Å². The largest absolute Gasteiger partial charge is 0.319 e. The highest BCUT2D eigenvalue weighted by atomic mass is 32.2. The molecule has 4 heteroatoms. The van der Waals surface area contributed by atoms with Gasteiger partial charge in [-0.05, 0) is 12.9 Å². The van der Waals surface area contributed by atoms with Gasteiger partial charge in [0.15, 0.2) is 0 Å². The van der Waals surface area contributed by atoms with E-state index in [0.29, 0.717) is 6.54 Å². The summed E-state index contributed by atoms with van der Waals surface area (Å²) in [6, 6.07) is 0. The maximum atomic E-state index is 10.4. The molecule has 0 bridgehead atoms. The minimum Gasteiger partial charge on any atom is -0.319 e. The van der Waals surface area contributed by atoms with E-state index in [4.69, 9.17) is 4.55 Å². The Morgan fingerprint density at radius 1 is 1.88 bits per heavy atom. The SMILES string of the molecule is C=S(=O)(O)CCNC. The molecule has 0 aromatic heterocycles. The van der Waals surface area contributed by atoms with Crippen LogP contribution in [0, 0.1) is 0 Å². The molecule has 0 spiro atoms. The lowest BCUT2D eigenvalue weighted by Crippen LogP contribution is -2.18. The molecule has 1 atom stereocenters. The summed E-state index contributed by atoms with van der Waals surface area (Å²) in [6.07, 6.45) is 0. The van der Waals surface area contributed by atoms with E-state index in [0.717, 1.165) is 0 Å². The van der Waals surface area contributed by atoms with Crippen LogP contribution in [-0.2, 0) is 9.80 Å². The molecule has 0 rings (SSSR count). The summed E-state index contributed by atoms with van der Waals surface area (Å²) in [4.78, 5) is 0. The van der Waals surface area contributed by atoms with Gasteiger partial charge in [-0.3, -0.25) is 0 Å². The molecule has 3 nitrogen and oxygen atoms in total. The van der Waals surface area contributed by atoms with Gasteiger partial charge in [-0.2, -0.15) is 0 Å². The van der Waals surface area contributed by atoms with Crippen molar-refractivity contribution in [2.24, 2.45) is 0 Å². The maximum Gasteiger partial charge on any atom is 0.0758 e. The van der Waals surface area contributed by atoms with Crippen molar-refractivity contribution < 1.29 is 8.76 Å². The van der Waals surface area contributed by atoms with E-state index in [9.17, 15) is 4.21 Å². The average Bonchev–Trinajstić information content (AvgIpc) is 1.59. The van der Waals surface area contributed by atoms with Crippen LogP contribution in [0.25, 0.3) is 0 Å². The van der Waals surface area contributed by atoms with Crippen molar-refractivity contribution in [1.82, 2.24) is 5.32 Å². The van der Waals surface area contributed by atoms with Gasteiger partial charge < -0.3 is 9.87 Å². The van der Waals surface area contributed by atoms with Gasteiger partial charge in [-0.25, -0.2) is 4.21 Å².